The summed E-state index contributed by atoms with van der Waals surface area (Å²) in [4.78, 5) is 111. The average molecular weight is 1340 g/mol. The van der Waals surface area contributed by atoms with Crippen LogP contribution in [0.2, 0.25) is 0 Å². The first kappa shape index (κ1) is 64.1. The normalized spacial score (nSPS) is 16.8. The molecule has 4 bridgehead atoms. The maximum absolute atomic E-state index is 15.1. The van der Waals surface area contributed by atoms with Gasteiger partial charge in [-0.2, -0.15) is 26.3 Å². The van der Waals surface area contributed by atoms with E-state index in [0.29, 0.717) is 25.4 Å². The molecule has 4 amide bonds. The quantitative estimate of drug-likeness (QED) is 0.0537. The van der Waals surface area contributed by atoms with Crippen molar-refractivity contribution in [3.8, 4) is 0 Å². The minimum atomic E-state index is -4.87. The van der Waals surface area contributed by atoms with Crippen LogP contribution in [-0.2, 0) is 46.5 Å². The van der Waals surface area contributed by atoms with Crippen LogP contribution in [0.3, 0.4) is 0 Å². The lowest BCUT2D eigenvalue weighted by Gasteiger charge is -2.46. The second kappa shape index (κ2) is 22.1. The van der Waals surface area contributed by atoms with Crippen molar-refractivity contribution < 1.29 is 74.2 Å². The molecule has 4 N–H and O–H groups in total. The lowest BCUT2D eigenvalue weighted by molar-refractivity contribution is -0.173. The topological polar surface area (TPSA) is 227 Å². The Hall–Kier alpha value is -11.3. The van der Waals surface area contributed by atoms with E-state index >= 15 is 13.2 Å². The minimum absolute atomic E-state index is 0.00988. The zero-order valence-corrected chi connectivity index (χ0v) is 54.0. The first-order valence-electron chi connectivity index (χ1n) is 31.2. The Morgan fingerprint density at radius 3 is 1.10 bits per heavy atom. The Bertz CT molecular complexity index is 4860. The molecule has 0 fully saturated rings. The van der Waals surface area contributed by atoms with Gasteiger partial charge in [-0.1, -0.05) is 54.6 Å². The SMILES string of the molecule is CC(c1ccc2c(c1)C(=O)OC2=O)(c1ccc2c(c1)C(=O)OC2=O)C(F)(F)F.Cc1c(N)ccc2c1N1Cc3ccc(N)c(C)c3N(C2)C1.Cc1ccc2c(c1C)N1Cc3ccc(N4C(=O)c5ccc(C(C)(c6ccc7c(c6)C(=O)N(C)C7=O)C(F)(F)F)cc5C4=O)c(C)c3N(C2)C1. The van der Waals surface area contributed by atoms with Crippen LogP contribution in [0.15, 0.2) is 121 Å². The summed E-state index contributed by atoms with van der Waals surface area (Å²) in [5.41, 5.74) is 22.1. The molecule has 0 aliphatic carbocycles. The molecule has 0 aromatic heterocycles. The third-order valence-electron chi connectivity index (χ3n) is 20.7. The molecule has 0 saturated carbocycles. The van der Waals surface area contributed by atoms with Crippen LogP contribution in [0.5, 0.6) is 0 Å². The van der Waals surface area contributed by atoms with E-state index < -0.39 is 70.7 Å². The van der Waals surface area contributed by atoms with E-state index in [0.717, 1.165) is 120 Å². The van der Waals surface area contributed by atoms with E-state index in [1.807, 2.05) is 25.1 Å². The number of esters is 4. The highest BCUT2D eigenvalue weighted by Gasteiger charge is 2.57. The molecule has 16 rings (SSSR count). The number of cyclic esters (lactones) is 4. The lowest BCUT2D eigenvalue weighted by Crippen LogP contribution is -2.47. The van der Waals surface area contributed by atoms with Crippen molar-refractivity contribution in [1.29, 1.82) is 0 Å². The van der Waals surface area contributed by atoms with Gasteiger partial charge in [0.15, 0.2) is 0 Å². The Kier molecular flexibility index (Phi) is 14.5. The predicted octanol–water partition coefficient (Wildman–Crippen LogP) is 12.7. The Morgan fingerprint density at radius 2 is 0.684 bits per heavy atom. The van der Waals surface area contributed by atoms with Crippen LogP contribution < -0.4 is 36.0 Å². The summed E-state index contributed by atoms with van der Waals surface area (Å²) in [6.07, 6.45) is -9.71. The fourth-order valence-electron chi connectivity index (χ4n) is 14.9. The van der Waals surface area contributed by atoms with Gasteiger partial charge in [0.1, 0.15) is 10.8 Å². The number of amides is 4. The largest absolute Gasteiger partial charge is 0.402 e. The number of carbonyl (C=O) groups excluding carboxylic acids is 8. The molecule has 18 nitrogen and oxygen atoms in total. The molecule has 8 aromatic rings. The number of imide groups is 2. The minimum Gasteiger partial charge on any atom is -0.398 e. The van der Waals surface area contributed by atoms with Crippen molar-refractivity contribution in [1.82, 2.24) is 4.90 Å². The van der Waals surface area contributed by atoms with Crippen molar-refractivity contribution in [3.63, 3.8) is 0 Å². The fraction of sp³-hybridized carbons (Fsp3) is 0.243. The van der Waals surface area contributed by atoms with Gasteiger partial charge in [-0.3, -0.25) is 24.1 Å². The second-order valence-electron chi connectivity index (χ2n) is 26.1. The third kappa shape index (κ3) is 9.44. The molecule has 1 atom stereocenters. The van der Waals surface area contributed by atoms with Gasteiger partial charge in [0.2, 0.25) is 0 Å². The van der Waals surface area contributed by atoms with Gasteiger partial charge < -0.3 is 40.5 Å². The number of carbonyl (C=O) groups is 8. The highest BCUT2D eigenvalue weighted by Crippen LogP contribution is 2.52. The molecule has 0 radical (unpaired) electrons. The van der Waals surface area contributed by atoms with E-state index in [4.69, 9.17) is 11.5 Å². The third-order valence-corrected chi connectivity index (χ3v) is 20.7. The molecule has 498 valence electrons. The molecular formula is C74H60F6N8O10. The first-order chi connectivity index (χ1) is 46.2. The van der Waals surface area contributed by atoms with Gasteiger partial charge >= 0.3 is 36.2 Å². The molecule has 24 heteroatoms. The number of aryl methyl sites for hydroxylation is 1. The summed E-state index contributed by atoms with van der Waals surface area (Å²) in [5, 5.41) is 0. The highest BCUT2D eigenvalue weighted by atomic mass is 19.4. The van der Waals surface area contributed by atoms with Gasteiger partial charge in [-0.25, -0.2) is 24.1 Å². The van der Waals surface area contributed by atoms with Gasteiger partial charge in [0, 0.05) is 67.4 Å². The van der Waals surface area contributed by atoms with Crippen molar-refractivity contribution in [3.05, 3.63) is 238 Å². The summed E-state index contributed by atoms with van der Waals surface area (Å²) < 4.78 is 96.5. The first-order valence-corrected chi connectivity index (χ1v) is 31.2. The monoisotopic (exact) mass is 1330 g/mol. The Labute approximate surface area is 556 Å². The van der Waals surface area contributed by atoms with Crippen molar-refractivity contribution in [2.45, 2.75) is 97.8 Å². The molecule has 98 heavy (non-hydrogen) atoms. The number of nitrogens with two attached hydrogens (primary N) is 2. The molecule has 8 aliphatic rings. The van der Waals surface area contributed by atoms with Gasteiger partial charge in [-0.05, 0) is 188 Å². The number of alkyl halides is 6. The molecule has 0 saturated heterocycles. The van der Waals surface area contributed by atoms with Gasteiger partial charge in [-0.15, -0.1) is 0 Å². The molecule has 8 heterocycles. The number of ether oxygens (including phenoxy) is 2. The number of nitrogen functional groups attached to an aromatic ring is 2. The molecular weight excluding hydrogens is 1270 g/mol. The smallest absolute Gasteiger partial charge is 0.398 e. The van der Waals surface area contributed by atoms with Crippen LogP contribution in [0.4, 0.5) is 66.2 Å². The molecule has 8 aromatic carbocycles. The summed E-state index contributed by atoms with van der Waals surface area (Å²) in [6.45, 7) is 16.9. The Balaban J connectivity index is 0.000000140. The van der Waals surface area contributed by atoms with Crippen LogP contribution >= 0.6 is 0 Å². The van der Waals surface area contributed by atoms with Crippen molar-refractivity contribution >= 4 is 87.3 Å². The standard InChI is InChI=1S/C38H31F3N4O4.C19H9F3O6.C17H20N4/c1-19-6-7-22-16-44-18-43(31(22)20(19)2)17-23-8-13-30(21(3)32(23)44)45-35(48)27-12-10-25(15-29(27)36(45)49)37(4,38(39,40)41)24-9-11-26-28(14-24)34(47)42(5)33(26)46;1-18(19(20,21)22,8-2-4-10-12(6-8)16(25)27-14(10)23)9-3-5-11-13(7-9)17(26)28-15(11)24;1-10-14(18)5-3-12-7-21-9-20(16(10)12)8-13-4-6-15(19)11(2)17(13)21/h6-15H,16-18H2,1-5H3;2-7H,1H3;3-6H,7-9,18-19H2,1-2H3. The molecule has 8 aliphatic heterocycles. The number of hydrogen-bond acceptors (Lipinski definition) is 16. The number of anilines is 7. The summed E-state index contributed by atoms with van der Waals surface area (Å²) in [5.74, 6) is -6.53. The number of halogens is 6. The fourth-order valence-corrected chi connectivity index (χ4v) is 14.9. The predicted molar refractivity (Wildman–Crippen MR) is 351 cm³/mol. The maximum Gasteiger partial charge on any atom is 0.402 e. The van der Waals surface area contributed by atoms with Crippen LogP contribution in [-0.4, -0.2) is 85.1 Å². The number of nitrogens with zero attached hydrogens (tertiary/aromatic N) is 6. The van der Waals surface area contributed by atoms with E-state index in [-0.39, 0.29) is 66.8 Å². The van der Waals surface area contributed by atoms with E-state index in [9.17, 15) is 51.5 Å². The lowest BCUT2D eigenvalue weighted by atomic mass is 9.74. The number of hydrogen-bond donors (Lipinski definition) is 2. The zero-order chi connectivity index (χ0) is 70.0. The van der Waals surface area contributed by atoms with E-state index in [2.05, 4.69) is 81.0 Å². The van der Waals surface area contributed by atoms with Gasteiger partial charge in [0.25, 0.3) is 23.6 Å². The molecule has 0 spiro atoms. The van der Waals surface area contributed by atoms with Crippen molar-refractivity contribution in [2.24, 2.45) is 0 Å². The van der Waals surface area contributed by atoms with E-state index in [1.165, 1.54) is 87.3 Å². The van der Waals surface area contributed by atoms with Crippen molar-refractivity contribution in [2.75, 3.05) is 56.4 Å². The van der Waals surface area contributed by atoms with Crippen LogP contribution in [0.1, 0.15) is 169 Å². The average Bonchev–Trinajstić information content (AvgIpc) is 1.39. The summed E-state index contributed by atoms with van der Waals surface area (Å²) in [7, 11) is 1.27. The highest BCUT2D eigenvalue weighted by molar-refractivity contribution is 6.35. The van der Waals surface area contributed by atoms with Gasteiger partial charge in [0.05, 0.1) is 63.5 Å². The van der Waals surface area contributed by atoms with Crippen LogP contribution in [0.25, 0.3) is 0 Å². The molecule has 1 unspecified atom stereocenters. The second-order valence-corrected chi connectivity index (χ2v) is 26.1. The number of rotatable bonds is 5. The van der Waals surface area contributed by atoms with Crippen LogP contribution in [0, 0.1) is 34.6 Å². The number of benzene rings is 8. The summed E-state index contributed by atoms with van der Waals surface area (Å²) >= 11 is 0. The number of fused-ring (bicyclic) bond motifs is 16. The summed E-state index contributed by atoms with van der Waals surface area (Å²) in [6, 6.07) is 29.6. The zero-order valence-electron chi connectivity index (χ0n) is 54.0. The maximum atomic E-state index is 15.1. The Morgan fingerprint density at radius 1 is 0.367 bits per heavy atom. The van der Waals surface area contributed by atoms with E-state index in [1.54, 1.807) is 6.07 Å².